The lowest BCUT2D eigenvalue weighted by molar-refractivity contribution is 0.416. The summed E-state index contributed by atoms with van der Waals surface area (Å²) in [6.45, 7) is 4.41. The van der Waals surface area contributed by atoms with E-state index in [1.54, 1.807) is 17.8 Å². The van der Waals surface area contributed by atoms with Crippen LogP contribution in [0.4, 0.5) is 4.39 Å². The standard InChI is InChI=1S/C14H20FNS/c1-3-5-10(2)16-13-8-9-17-14-11(13)6-4-7-12(14)15/h4,6-7,10,13,16H,3,5,8-9H2,1-2H3. The van der Waals surface area contributed by atoms with Crippen molar-refractivity contribution in [1.82, 2.24) is 5.32 Å². The molecule has 0 bridgehead atoms. The monoisotopic (exact) mass is 253 g/mol. The molecule has 2 atom stereocenters. The van der Waals surface area contributed by atoms with Crippen LogP contribution >= 0.6 is 11.8 Å². The first-order chi connectivity index (χ1) is 8.22. The van der Waals surface area contributed by atoms with Crippen molar-refractivity contribution in [1.29, 1.82) is 0 Å². The van der Waals surface area contributed by atoms with Crippen LogP contribution in [0, 0.1) is 5.82 Å². The maximum absolute atomic E-state index is 13.7. The lowest BCUT2D eigenvalue weighted by Crippen LogP contribution is -2.32. The third kappa shape index (κ3) is 3.02. The third-order valence-corrected chi connectivity index (χ3v) is 4.39. The molecule has 0 fully saturated rings. The minimum atomic E-state index is -0.0675. The van der Waals surface area contributed by atoms with E-state index in [2.05, 4.69) is 25.2 Å². The van der Waals surface area contributed by atoms with Gasteiger partial charge in [0, 0.05) is 17.0 Å². The molecule has 0 radical (unpaired) electrons. The fourth-order valence-electron chi connectivity index (χ4n) is 2.42. The second-order valence-corrected chi connectivity index (χ2v) is 5.81. The van der Waals surface area contributed by atoms with E-state index in [1.807, 2.05) is 6.07 Å². The zero-order valence-electron chi connectivity index (χ0n) is 10.5. The van der Waals surface area contributed by atoms with Crippen LogP contribution < -0.4 is 5.32 Å². The van der Waals surface area contributed by atoms with Gasteiger partial charge >= 0.3 is 0 Å². The Morgan fingerprint density at radius 3 is 3.12 bits per heavy atom. The van der Waals surface area contributed by atoms with Gasteiger partial charge in [0.2, 0.25) is 0 Å². The summed E-state index contributed by atoms with van der Waals surface area (Å²) in [5, 5.41) is 3.62. The molecule has 3 heteroatoms. The van der Waals surface area contributed by atoms with Gasteiger partial charge in [-0.05, 0) is 37.1 Å². The van der Waals surface area contributed by atoms with Crippen molar-refractivity contribution in [2.45, 2.75) is 50.1 Å². The Labute approximate surface area is 107 Å². The second kappa shape index (κ2) is 5.87. The summed E-state index contributed by atoms with van der Waals surface area (Å²) < 4.78 is 13.7. The van der Waals surface area contributed by atoms with Crippen LogP contribution in [0.1, 0.15) is 44.7 Å². The highest BCUT2D eigenvalue weighted by Gasteiger charge is 2.23. The summed E-state index contributed by atoms with van der Waals surface area (Å²) in [6.07, 6.45) is 3.45. The molecule has 2 rings (SSSR count). The van der Waals surface area contributed by atoms with E-state index >= 15 is 0 Å². The first kappa shape index (κ1) is 12.9. The number of thioether (sulfide) groups is 1. The zero-order chi connectivity index (χ0) is 12.3. The molecule has 0 saturated heterocycles. The summed E-state index contributed by atoms with van der Waals surface area (Å²) >= 11 is 1.64. The van der Waals surface area contributed by atoms with Crippen molar-refractivity contribution < 1.29 is 4.39 Å². The first-order valence-corrected chi connectivity index (χ1v) is 7.38. The maximum atomic E-state index is 13.7. The number of rotatable bonds is 4. The van der Waals surface area contributed by atoms with Gasteiger partial charge in [-0.1, -0.05) is 25.5 Å². The van der Waals surface area contributed by atoms with E-state index < -0.39 is 0 Å². The topological polar surface area (TPSA) is 12.0 Å². The number of benzene rings is 1. The molecule has 1 aliphatic heterocycles. The second-order valence-electron chi connectivity index (χ2n) is 4.70. The van der Waals surface area contributed by atoms with E-state index in [0.29, 0.717) is 12.1 Å². The average Bonchev–Trinajstić information content (AvgIpc) is 2.31. The highest BCUT2D eigenvalue weighted by atomic mass is 32.2. The smallest absolute Gasteiger partial charge is 0.137 e. The number of hydrogen-bond donors (Lipinski definition) is 1. The van der Waals surface area contributed by atoms with E-state index in [0.717, 1.165) is 22.6 Å². The predicted octanol–water partition coefficient (Wildman–Crippen LogP) is 4.14. The maximum Gasteiger partial charge on any atom is 0.137 e. The number of fused-ring (bicyclic) bond motifs is 1. The molecule has 1 heterocycles. The summed E-state index contributed by atoms with van der Waals surface area (Å²) in [5.74, 6) is 0.937. The SMILES string of the molecule is CCCC(C)NC1CCSc2c(F)cccc21. The minimum Gasteiger partial charge on any atom is -0.307 e. The van der Waals surface area contributed by atoms with Gasteiger partial charge in [-0.25, -0.2) is 4.39 Å². The Morgan fingerprint density at radius 2 is 2.35 bits per heavy atom. The molecule has 94 valence electrons. The molecule has 0 aliphatic carbocycles. The summed E-state index contributed by atoms with van der Waals surface area (Å²) in [6, 6.07) is 6.26. The van der Waals surface area contributed by atoms with Crippen molar-refractivity contribution in [2.75, 3.05) is 5.75 Å². The fraction of sp³-hybridized carbons (Fsp3) is 0.571. The van der Waals surface area contributed by atoms with E-state index in [-0.39, 0.29) is 5.82 Å². The Hall–Kier alpha value is -0.540. The molecule has 0 spiro atoms. The van der Waals surface area contributed by atoms with Gasteiger partial charge in [-0.2, -0.15) is 0 Å². The van der Waals surface area contributed by atoms with Crippen LogP contribution in [0.3, 0.4) is 0 Å². The molecule has 1 aliphatic rings. The Bertz CT molecular complexity index is 380. The Kier molecular flexibility index (Phi) is 4.46. The van der Waals surface area contributed by atoms with Gasteiger partial charge in [-0.3, -0.25) is 0 Å². The van der Waals surface area contributed by atoms with E-state index in [1.165, 1.54) is 12.8 Å². The van der Waals surface area contributed by atoms with Crippen LogP contribution in [0.15, 0.2) is 23.1 Å². The molecule has 0 saturated carbocycles. The number of nitrogens with one attached hydrogen (secondary N) is 1. The van der Waals surface area contributed by atoms with Gasteiger partial charge in [0.25, 0.3) is 0 Å². The van der Waals surface area contributed by atoms with Gasteiger partial charge in [0.1, 0.15) is 5.82 Å². The quantitative estimate of drug-likeness (QED) is 0.865. The fourth-order valence-corrected chi connectivity index (χ4v) is 3.56. The molecule has 1 nitrogen and oxygen atoms in total. The summed E-state index contributed by atoms with van der Waals surface area (Å²) in [7, 11) is 0. The predicted molar refractivity (Wildman–Crippen MR) is 72.0 cm³/mol. The van der Waals surface area contributed by atoms with Crippen molar-refractivity contribution in [2.24, 2.45) is 0 Å². The summed E-state index contributed by atoms with van der Waals surface area (Å²) in [5.41, 5.74) is 1.14. The molecular weight excluding hydrogens is 233 g/mol. The van der Waals surface area contributed by atoms with Gasteiger partial charge < -0.3 is 5.32 Å². The molecule has 17 heavy (non-hydrogen) atoms. The van der Waals surface area contributed by atoms with E-state index in [9.17, 15) is 4.39 Å². The first-order valence-electron chi connectivity index (χ1n) is 6.39. The minimum absolute atomic E-state index is 0.0675. The summed E-state index contributed by atoms with van der Waals surface area (Å²) in [4.78, 5) is 0.847. The molecule has 2 unspecified atom stereocenters. The Morgan fingerprint density at radius 1 is 1.53 bits per heavy atom. The number of hydrogen-bond acceptors (Lipinski definition) is 2. The number of halogens is 1. The average molecular weight is 253 g/mol. The molecule has 0 amide bonds. The zero-order valence-corrected chi connectivity index (χ0v) is 11.3. The van der Waals surface area contributed by atoms with Gasteiger partial charge in [0.05, 0.1) is 0 Å². The van der Waals surface area contributed by atoms with Gasteiger partial charge in [0.15, 0.2) is 0 Å². The van der Waals surface area contributed by atoms with Crippen LogP contribution in [-0.2, 0) is 0 Å². The largest absolute Gasteiger partial charge is 0.307 e. The van der Waals surface area contributed by atoms with Crippen LogP contribution in [0.5, 0.6) is 0 Å². The van der Waals surface area contributed by atoms with Crippen molar-refractivity contribution in [3.63, 3.8) is 0 Å². The third-order valence-electron chi connectivity index (χ3n) is 3.23. The molecule has 1 N–H and O–H groups in total. The van der Waals surface area contributed by atoms with Crippen molar-refractivity contribution in [3.8, 4) is 0 Å². The molecule has 1 aromatic carbocycles. The lowest BCUT2D eigenvalue weighted by atomic mass is 10.0. The highest BCUT2D eigenvalue weighted by Crippen LogP contribution is 2.37. The van der Waals surface area contributed by atoms with Crippen molar-refractivity contribution >= 4 is 11.8 Å². The molecular formula is C14H20FNS. The van der Waals surface area contributed by atoms with Crippen molar-refractivity contribution in [3.05, 3.63) is 29.6 Å². The molecule has 1 aromatic rings. The van der Waals surface area contributed by atoms with Gasteiger partial charge in [-0.15, -0.1) is 11.8 Å². The van der Waals surface area contributed by atoms with Crippen LogP contribution in [-0.4, -0.2) is 11.8 Å². The highest BCUT2D eigenvalue weighted by molar-refractivity contribution is 7.99. The van der Waals surface area contributed by atoms with Crippen LogP contribution in [0.2, 0.25) is 0 Å². The molecule has 0 aromatic heterocycles. The normalized spacial score (nSPS) is 21.0. The van der Waals surface area contributed by atoms with E-state index in [4.69, 9.17) is 0 Å². The Balaban J connectivity index is 2.14. The lowest BCUT2D eigenvalue weighted by Gasteiger charge is -2.29. The van der Waals surface area contributed by atoms with Crippen LogP contribution in [0.25, 0.3) is 0 Å².